The average molecular weight is 251 g/mol. The smallest absolute Gasteiger partial charge is 0.268 e. The second kappa shape index (κ2) is 4.67. The standard InChI is InChI=1S/C12H11ClN2O2/c1-2-10-14-9-6-4-3-5-8(9)12(17)15(10)11(16)7-13/h3-6H,2,7H2,1H3. The van der Waals surface area contributed by atoms with E-state index in [4.69, 9.17) is 11.6 Å². The number of hydrogen-bond acceptors (Lipinski definition) is 3. The third-order valence-electron chi connectivity index (χ3n) is 2.53. The fourth-order valence-electron chi connectivity index (χ4n) is 1.73. The Kier molecular flexibility index (Phi) is 3.24. The molecule has 0 unspecified atom stereocenters. The topological polar surface area (TPSA) is 52.0 Å². The zero-order valence-electron chi connectivity index (χ0n) is 9.31. The van der Waals surface area contributed by atoms with Crippen molar-refractivity contribution in [1.82, 2.24) is 9.55 Å². The van der Waals surface area contributed by atoms with Crippen LogP contribution in [0.15, 0.2) is 29.1 Å². The van der Waals surface area contributed by atoms with Gasteiger partial charge in [-0.1, -0.05) is 19.1 Å². The van der Waals surface area contributed by atoms with Gasteiger partial charge in [0.15, 0.2) is 0 Å². The summed E-state index contributed by atoms with van der Waals surface area (Å²) in [7, 11) is 0. The van der Waals surface area contributed by atoms with E-state index < -0.39 is 5.91 Å². The molecule has 0 atom stereocenters. The van der Waals surface area contributed by atoms with Crippen LogP contribution in [0.25, 0.3) is 10.9 Å². The number of hydrogen-bond donors (Lipinski definition) is 0. The number of aromatic nitrogens is 2. The van der Waals surface area contributed by atoms with Gasteiger partial charge in [-0.3, -0.25) is 9.59 Å². The molecule has 0 spiro atoms. The lowest BCUT2D eigenvalue weighted by atomic mass is 10.2. The Balaban J connectivity index is 2.86. The van der Waals surface area contributed by atoms with E-state index in [1.54, 1.807) is 18.2 Å². The molecule has 0 N–H and O–H groups in total. The van der Waals surface area contributed by atoms with Crippen molar-refractivity contribution in [3.05, 3.63) is 40.4 Å². The number of carbonyl (C=O) groups is 1. The Labute approximate surface area is 103 Å². The van der Waals surface area contributed by atoms with Crippen LogP contribution in [0, 0.1) is 0 Å². The lowest BCUT2D eigenvalue weighted by Crippen LogP contribution is -2.31. The summed E-state index contributed by atoms with van der Waals surface area (Å²) in [6.45, 7) is 1.84. The summed E-state index contributed by atoms with van der Waals surface area (Å²) < 4.78 is 1.06. The van der Waals surface area contributed by atoms with Gasteiger partial charge in [-0.05, 0) is 12.1 Å². The molecule has 2 aromatic rings. The van der Waals surface area contributed by atoms with Crippen molar-refractivity contribution in [2.24, 2.45) is 0 Å². The number of carbonyl (C=O) groups excluding carboxylic acids is 1. The third kappa shape index (κ3) is 1.96. The molecule has 0 radical (unpaired) electrons. The summed E-state index contributed by atoms with van der Waals surface area (Å²) in [5, 5.41) is 0.433. The molecule has 5 heteroatoms. The average Bonchev–Trinajstić information content (AvgIpc) is 2.37. The molecule has 1 aromatic heterocycles. The number of para-hydroxylation sites is 1. The number of aryl methyl sites for hydroxylation is 1. The molecule has 0 saturated carbocycles. The summed E-state index contributed by atoms with van der Waals surface area (Å²) in [6, 6.07) is 6.96. The number of nitrogens with zero attached hydrogens (tertiary/aromatic N) is 2. The number of fused-ring (bicyclic) bond motifs is 1. The minimum absolute atomic E-state index is 0.229. The van der Waals surface area contributed by atoms with E-state index in [0.29, 0.717) is 23.1 Å². The van der Waals surface area contributed by atoms with Crippen LogP contribution in [0.2, 0.25) is 0 Å². The van der Waals surface area contributed by atoms with E-state index in [9.17, 15) is 9.59 Å². The van der Waals surface area contributed by atoms with E-state index in [1.807, 2.05) is 13.0 Å². The van der Waals surface area contributed by atoms with Gasteiger partial charge in [0, 0.05) is 6.42 Å². The number of rotatable bonds is 2. The molecule has 2 rings (SSSR count). The first-order chi connectivity index (χ1) is 8.19. The second-order valence-electron chi connectivity index (χ2n) is 3.57. The van der Waals surface area contributed by atoms with E-state index in [0.717, 1.165) is 4.57 Å². The van der Waals surface area contributed by atoms with Gasteiger partial charge in [0.1, 0.15) is 11.7 Å². The predicted octanol–water partition coefficient (Wildman–Crippen LogP) is 1.84. The van der Waals surface area contributed by atoms with Crippen molar-refractivity contribution in [2.75, 3.05) is 5.88 Å². The van der Waals surface area contributed by atoms with Gasteiger partial charge in [-0.2, -0.15) is 0 Å². The Bertz CT molecular complexity index is 634. The molecule has 4 nitrogen and oxygen atoms in total. The maximum absolute atomic E-state index is 12.2. The highest BCUT2D eigenvalue weighted by Crippen LogP contribution is 2.08. The van der Waals surface area contributed by atoms with Gasteiger partial charge in [0.2, 0.25) is 5.91 Å². The van der Waals surface area contributed by atoms with Gasteiger partial charge in [0.25, 0.3) is 5.56 Å². The first-order valence-electron chi connectivity index (χ1n) is 5.29. The molecule has 1 aromatic carbocycles. The molecule has 0 amide bonds. The van der Waals surface area contributed by atoms with E-state index >= 15 is 0 Å². The summed E-state index contributed by atoms with van der Waals surface area (Å²) >= 11 is 5.50. The van der Waals surface area contributed by atoms with Crippen molar-refractivity contribution < 1.29 is 4.79 Å². The largest absolute Gasteiger partial charge is 0.273 e. The van der Waals surface area contributed by atoms with Crippen LogP contribution < -0.4 is 5.56 Å². The zero-order valence-corrected chi connectivity index (χ0v) is 10.1. The first kappa shape index (κ1) is 11.8. The van der Waals surface area contributed by atoms with Crippen LogP contribution in [0.3, 0.4) is 0 Å². The van der Waals surface area contributed by atoms with Crippen molar-refractivity contribution in [3.8, 4) is 0 Å². The fourth-order valence-corrected chi connectivity index (χ4v) is 1.85. The van der Waals surface area contributed by atoms with Crippen molar-refractivity contribution in [2.45, 2.75) is 13.3 Å². The quantitative estimate of drug-likeness (QED) is 0.765. The number of alkyl halides is 1. The lowest BCUT2D eigenvalue weighted by Gasteiger charge is -2.09. The molecule has 0 aliphatic carbocycles. The second-order valence-corrected chi connectivity index (χ2v) is 3.83. The molecule has 1 heterocycles. The van der Waals surface area contributed by atoms with Gasteiger partial charge >= 0.3 is 0 Å². The van der Waals surface area contributed by atoms with Gasteiger partial charge in [0.05, 0.1) is 10.9 Å². The van der Waals surface area contributed by atoms with Crippen LogP contribution in [0.1, 0.15) is 17.5 Å². The molecule has 0 fully saturated rings. The predicted molar refractivity (Wildman–Crippen MR) is 66.7 cm³/mol. The van der Waals surface area contributed by atoms with E-state index in [-0.39, 0.29) is 11.4 Å². The highest BCUT2D eigenvalue weighted by Gasteiger charge is 2.14. The maximum Gasteiger partial charge on any atom is 0.268 e. The van der Waals surface area contributed by atoms with Gasteiger partial charge in [-0.15, -0.1) is 11.6 Å². The normalized spacial score (nSPS) is 10.7. The Morgan fingerprint density at radius 1 is 1.41 bits per heavy atom. The molecule has 0 saturated heterocycles. The summed E-state index contributed by atoms with van der Waals surface area (Å²) in [5.74, 6) is -0.224. The molecule has 0 bridgehead atoms. The fraction of sp³-hybridized carbons (Fsp3) is 0.250. The highest BCUT2D eigenvalue weighted by atomic mass is 35.5. The van der Waals surface area contributed by atoms with Crippen LogP contribution in [-0.4, -0.2) is 21.3 Å². The monoisotopic (exact) mass is 250 g/mol. The molecule has 17 heavy (non-hydrogen) atoms. The van der Waals surface area contributed by atoms with E-state index in [2.05, 4.69) is 4.98 Å². The van der Waals surface area contributed by atoms with Gasteiger partial charge < -0.3 is 0 Å². The van der Waals surface area contributed by atoms with Crippen LogP contribution >= 0.6 is 11.6 Å². The van der Waals surface area contributed by atoms with Gasteiger partial charge in [-0.25, -0.2) is 9.55 Å². The summed E-state index contributed by atoms with van der Waals surface area (Å²) in [5.41, 5.74) is 0.256. The van der Waals surface area contributed by atoms with Crippen molar-refractivity contribution in [3.63, 3.8) is 0 Å². The highest BCUT2D eigenvalue weighted by molar-refractivity contribution is 6.27. The van der Waals surface area contributed by atoms with Crippen LogP contribution in [0.5, 0.6) is 0 Å². The maximum atomic E-state index is 12.2. The Morgan fingerprint density at radius 2 is 2.12 bits per heavy atom. The lowest BCUT2D eigenvalue weighted by molar-refractivity contribution is 0.0932. The Morgan fingerprint density at radius 3 is 2.76 bits per heavy atom. The minimum Gasteiger partial charge on any atom is -0.273 e. The molecule has 88 valence electrons. The van der Waals surface area contributed by atoms with E-state index in [1.165, 1.54) is 0 Å². The zero-order chi connectivity index (χ0) is 12.4. The van der Waals surface area contributed by atoms with Crippen LogP contribution in [0.4, 0.5) is 0 Å². The number of halogens is 1. The molecular formula is C12H11ClN2O2. The molecule has 0 aliphatic rings. The van der Waals surface area contributed by atoms with Crippen molar-refractivity contribution in [1.29, 1.82) is 0 Å². The third-order valence-corrected chi connectivity index (χ3v) is 2.75. The summed E-state index contributed by atoms with van der Waals surface area (Å²) in [6.07, 6.45) is 0.503. The molecule has 0 aliphatic heterocycles. The SMILES string of the molecule is CCc1nc2ccccc2c(=O)n1C(=O)CCl. The Hall–Kier alpha value is -1.68. The van der Waals surface area contributed by atoms with Crippen LogP contribution in [-0.2, 0) is 6.42 Å². The summed E-state index contributed by atoms with van der Waals surface area (Å²) in [4.78, 5) is 28.1. The number of benzene rings is 1. The van der Waals surface area contributed by atoms with Crippen molar-refractivity contribution >= 4 is 28.4 Å². The first-order valence-corrected chi connectivity index (χ1v) is 5.82. The minimum atomic E-state index is -0.438. The molecular weight excluding hydrogens is 240 g/mol.